The second-order valence-electron chi connectivity index (χ2n) is 3.90. The van der Waals surface area contributed by atoms with Gasteiger partial charge in [-0.1, -0.05) is 30.3 Å². The number of aryl methyl sites for hydroxylation is 1. The van der Waals surface area contributed by atoms with Crippen LogP contribution in [0.5, 0.6) is 0 Å². The summed E-state index contributed by atoms with van der Waals surface area (Å²) in [5, 5.41) is 3.43. The van der Waals surface area contributed by atoms with E-state index in [1.807, 2.05) is 0 Å². The first-order valence-electron chi connectivity index (χ1n) is 5.59. The largest absolute Gasteiger partial charge is 0.383 e. The molecule has 0 saturated carbocycles. The Hall–Kier alpha value is -0.860. The van der Waals surface area contributed by atoms with Crippen molar-refractivity contribution in [3.63, 3.8) is 0 Å². The van der Waals surface area contributed by atoms with Gasteiger partial charge in [0.1, 0.15) is 0 Å². The molecule has 15 heavy (non-hydrogen) atoms. The van der Waals surface area contributed by atoms with Crippen LogP contribution in [0.1, 0.15) is 18.9 Å². The van der Waals surface area contributed by atoms with Gasteiger partial charge < -0.3 is 10.1 Å². The molecule has 1 rings (SSSR count). The zero-order chi connectivity index (χ0) is 10.9. The third kappa shape index (κ3) is 5.55. The summed E-state index contributed by atoms with van der Waals surface area (Å²) in [7, 11) is 1.74. The van der Waals surface area contributed by atoms with E-state index in [4.69, 9.17) is 4.74 Å². The van der Waals surface area contributed by atoms with Crippen LogP contribution in [0.25, 0.3) is 0 Å². The fraction of sp³-hybridized carbons (Fsp3) is 0.538. The molecule has 0 radical (unpaired) electrons. The Kier molecular flexibility index (Phi) is 6.05. The first-order chi connectivity index (χ1) is 7.33. The van der Waals surface area contributed by atoms with E-state index >= 15 is 0 Å². The minimum absolute atomic E-state index is 0.450. The minimum Gasteiger partial charge on any atom is -0.383 e. The van der Waals surface area contributed by atoms with Gasteiger partial charge in [-0.3, -0.25) is 0 Å². The topological polar surface area (TPSA) is 21.3 Å². The third-order valence-corrected chi connectivity index (χ3v) is 2.39. The smallest absolute Gasteiger partial charge is 0.0613 e. The molecule has 2 heteroatoms. The predicted molar refractivity (Wildman–Crippen MR) is 64.1 cm³/mol. The Morgan fingerprint density at radius 2 is 2.00 bits per heavy atom. The number of hydrogen-bond donors (Lipinski definition) is 1. The van der Waals surface area contributed by atoms with Crippen LogP contribution in [-0.2, 0) is 11.2 Å². The van der Waals surface area contributed by atoms with Crippen LogP contribution in [0.4, 0.5) is 0 Å². The van der Waals surface area contributed by atoms with E-state index in [1.54, 1.807) is 7.11 Å². The highest BCUT2D eigenvalue weighted by atomic mass is 16.5. The van der Waals surface area contributed by atoms with Crippen LogP contribution in [-0.4, -0.2) is 26.3 Å². The molecule has 1 unspecified atom stereocenters. The van der Waals surface area contributed by atoms with Crippen molar-refractivity contribution >= 4 is 0 Å². The molecule has 1 aromatic rings. The summed E-state index contributed by atoms with van der Waals surface area (Å²) in [6, 6.07) is 11.1. The quantitative estimate of drug-likeness (QED) is 0.692. The number of rotatable bonds is 7. The van der Waals surface area contributed by atoms with E-state index in [-0.39, 0.29) is 0 Å². The first kappa shape index (κ1) is 12.2. The van der Waals surface area contributed by atoms with Gasteiger partial charge in [-0.25, -0.2) is 0 Å². The fourth-order valence-corrected chi connectivity index (χ4v) is 1.59. The van der Waals surface area contributed by atoms with Gasteiger partial charge in [-0.2, -0.15) is 0 Å². The van der Waals surface area contributed by atoms with Gasteiger partial charge in [-0.05, 0) is 31.9 Å². The lowest BCUT2D eigenvalue weighted by Gasteiger charge is -2.12. The van der Waals surface area contributed by atoms with Gasteiger partial charge in [0.15, 0.2) is 0 Å². The standard InChI is InChI=1S/C13H21NO/c1-12(11-15-2)14-10-6-9-13-7-4-3-5-8-13/h3-5,7-8,12,14H,6,9-11H2,1-2H3. The van der Waals surface area contributed by atoms with Crippen LogP contribution >= 0.6 is 0 Å². The van der Waals surface area contributed by atoms with Crippen molar-refractivity contribution in [3.8, 4) is 0 Å². The number of hydrogen-bond acceptors (Lipinski definition) is 2. The Bertz CT molecular complexity index is 248. The van der Waals surface area contributed by atoms with Crippen LogP contribution in [0.3, 0.4) is 0 Å². The van der Waals surface area contributed by atoms with Crippen molar-refractivity contribution < 1.29 is 4.74 Å². The highest BCUT2D eigenvalue weighted by Crippen LogP contribution is 2.01. The Labute approximate surface area is 92.6 Å². The first-order valence-corrected chi connectivity index (χ1v) is 5.59. The van der Waals surface area contributed by atoms with Gasteiger partial charge in [0.25, 0.3) is 0 Å². The number of ether oxygens (including phenoxy) is 1. The normalized spacial score (nSPS) is 12.7. The maximum atomic E-state index is 5.06. The number of benzene rings is 1. The summed E-state index contributed by atoms with van der Waals surface area (Å²) in [6.07, 6.45) is 2.33. The summed E-state index contributed by atoms with van der Waals surface area (Å²) in [4.78, 5) is 0. The highest BCUT2D eigenvalue weighted by molar-refractivity contribution is 5.14. The van der Waals surface area contributed by atoms with Crippen molar-refractivity contribution in [2.75, 3.05) is 20.3 Å². The maximum Gasteiger partial charge on any atom is 0.0613 e. The SMILES string of the molecule is COCC(C)NCCCc1ccccc1. The number of methoxy groups -OCH3 is 1. The molecule has 0 bridgehead atoms. The lowest BCUT2D eigenvalue weighted by Crippen LogP contribution is -2.31. The predicted octanol–water partition coefficient (Wildman–Crippen LogP) is 2.24. The average Bonchev–Trinajstić information content (AvgIpc) is 2.26. The van der Waals surface area contributed by atoms with Gasteiger partial charge in [0.05, 0.1) is 6.61 Å². The summed E-state index contributed by atoms with van der Waals surface area (Å²) in [5.41, 5.74) is 1.42. The van der Waals surface area contributed by atoms with Crippen LogP contribution in [0.15, 0.2) is 30.3 Å². The second kappa shape index (κ2) is 7.43. The maximum absolute atomic E-state index is 5.06. The van der Waals surface area contributed by atoms with Crippen molar-refractivity contribution in [2.24, 2.45) is 0 Å². The molecule has 0 aromatic heterocycles. The van der Waals surface area contributed by atoms with Crippen LogP contribution in [0, 0.1) is 0 Å². The molecule has 1 atom stereocenters. The lowest BCUT2D eigenvalue weighted by atomic mass is 10.1. The molecule has 0 fully saturated rings. The number of nitrogens with one attached hydrogen (secondary N) is 1. The van der Waals surface area contributed by atoms with E-state index in [0.29, 0.717) is 6.04 Å². The highest BCUT2D eigenvalue weighted by Gasteiger charge is 1.98. The van der Waals surface area contributed by atoms with E-state index in [2.05, 4.69) is 42.6 Å². The molecule has 84 valence electrons. The third-order valence-electron chi connectivity index (χ3n) is 2.39. The molecule has 2 nitrogen and oxygen atoms in total. The summed E-state index contributed by atoms with van der Waals surface area (Å²) in [6.45, 7) is 3.98. The molecule has 0 aliphatic carbocycles. The Balaban J connectivity index is 2.07. The summed E-state index contributed by atoms with van der Waals surface area (Å²) >= 11 is 0. The molecular formula is C13H21NO. The molecule has 1 aromatic carbocycles. The molecule has 0 saturated heterocycles. The molecule has 1 N–H and O–H groups in total. The monoisotopic (exact) mass is 207 g/mol. The molecule has 0 aliphatic rings. The zero-order valence-corrected chi connectivity index (χ0v) is 9.70. The van der Waals surface area contributed by atoms with Gasteiger partial charge in [0.2, 0.25) is 0 Å². The Morgan fingerprint density at radius 3 is 2.67 bits per heavy atom. The van der Waals surface area contributed by atoms with E-state index in [1.165, 1.54) is 12.0 Å². The average molecular weight is 207 g/mol. The minimum atomic E-state index is 0.450. The zero-order valence-electron chi connectivity index (χ0n) is 9.70. The summed E-state index contributed by atoms with van der Waals surface area (Å²) in [5.74, 6) is 0. The molecule has 0 aliphatic heterocycles. The van der Waals surface area contributed by atoms with Crippen molar-refractivity contribution in [2.45, 2.75) is 25.8 Å². The van der Waals surface area contributed by atoms with Crippen LogP contribution in [0.2, 0.25) is 0 Å². The van der Waals surface area contributed by atoms with E-state index < -0.39 is 0 Å². The molecular weight excluding hydrogens is 186 g/mol. The van der Waals surface area contributed by atoms with Crippen molar-refractivity contribution in [1.82, 2.24) is 5.32 Å². The summed E-state index contributed by atoms with van der Waals surface area (Å²) < 4.78 is 5.06. The van der Waals surface area contributed by atoms with E-state index in [0.717, 1.165) is 19.6 Å². The molecule has 0 spiro atoms. The molecule has 0 heterocycles. The Morgan fingerprint density at radius 1 is 1.27 bits per heavy atom. The van der Waals surface area contributed by atoms with Crippen molar-refractivity contribution in [1.29, 1.82) is 0 Å². The molecule has 0 amide bonds. The van der Waals surface area contributed by atoms with Gasteiger partial charge >= 0.3 is 0 Å². The fourth-order valence-electron chi connectivity index (χ4n) is 1.59. The van der Waals surface area contributed by atoms with Gasteiger partial charge in [0, 0.05) is 13.2 Å². The van der Waals surface area contributed by atoms with Crippen LogP contribution < -0.4 is 5.32 Å². The van der Waals surface area contributed by atoms with E-state index in [9.17, 15) is 0 Å². The second-order valence-corrected chi connectivity index (χ2v) is 3.90. The van der Waals surface area contributed by atoms with Gasteiger partial charge in [-0.15, -0.1) is 0 Å². The van der Waals surface area contributed by atoms with Crippen molar-refractivity contribution in [3.05, 3.63) is 35.9 Å². The lowest BCUT2D eigenvalue weighted by molar-refractivity contribution is 0.172.